The normalized spacial score (nSPS) is 16.5. The second kappa shape index (κ2) is 10.4. The van der Waals surface area contributed by atoms with Crippen molar-refractivity contribution in [3.63, 3.8) is 0 Å². The van der Waals surface area contributed by atoms with Crippen molar-refractivity contribution < 1.29 is 19.0 Å². The van der Waals surface area contributed by atoms with Gasteiger partial charge in [-0.2, -0.15) is 4.98 Å². The van der Waals surface area contributed by atoms with Crippen LogP contribution in [0.4, 0.5) is 0 Å². The highest BCUT2D eigenvalue weighted by atomic mass is 35.5. The first-order valence-electron chi connectivity index (χ1n) is 13.0. The third kappa shape index (κ3) is 5.53. The van der Waals surface area contributed by atoms with Gasteiger partial charge in [-0.05, 0) is 62.6 Å². The average molecular weight is 549 g/mol. The molecule has 4 aromatic rings. The Labute approximate surface area is 230 Å². The molecule has 0 atom stereocenters. The largest absolute Gasteiger partial charge is 0.492 e. The number of morpholine rings is 1. The molecule has 1 amide bonds. The molecule has 2 fully saturated rings. The molecule has 1 saturated carbocycles. The van der Waals surface area contributed by atoms with Crippen molar-refractivity contribution in [3.05, 3.63) is 59.1 Å². The number of benzene rings is 1. The summed E-state index contributed by atoms with van der Waals surface area (Å²) in [5.74, 6) is 1.68. The number of pyridine rings is 1. The van der Waals surface area contributed by atoms with E-state index in [4.69, 9.17) is 30.8 Å². The maximum atomic E-state index is 11.9. The molecule has 6 rings (SSSR count). The van der Waals surface area contributed by atoms with Gasteiger partial charge in [0, 0.05) is 18.3 Å². The summed E-state index contributed by atoms with van der Waals surface area (Å²) in [7, 11) is 0. The Bertz CT molecular complexity index is 1540. The number of carbonyl (C=O) groups is 1. The molecule has 202 valence electrons. The zero-order valence-electron chi connectivity index (χ0n) is 21.9. The molecule has 1 aliphatic carbocycles. The van der Waals surface area contributed by atoms with Gasteiger partial charge in [-0.15, -0.1) is 0 Å². The topological polar surface area (TPSA) is 104 Å². The average Bonchev–Trinajstić information content (AvgIpc) is 3.53. The van der Waals surface area contributed by atoms with E-state index in [1.54, 1.807) is 17.2 Å². The number of rotatable bonds is 9. The first kappa shape index (κ1) is 25.5. The Morgan fingerprint density at radius 3 is 2.79 bits per heavy atom. The molecule has 4 heterocycles. The Hall–Kier alpha value is -3.76. The van der Waals surface area contributed by atoms with Crippen molar-refractivity contribution >= 4 is 28.7 Å². The van der Waals surface area contributed by atoms with E-state index in [0.717, 1.165) is 29.7 Å². The van der Waals surface area contributed by atoms with Crippen LogP contribution >= 0.6 is 11.6 Å². The van der Waals surface area contributed by atoms with Gasteiger partial charge in [0.15, 0.2) is 11.2 Å². The first-order chi connectivity index (χ1) is 18.9. The Morgan fingerprint density at radius 2 is 2.03 bits per heavy atom. The molecule has 10 nitrogen and oxygen atoms in total. The van der Waals surface area contributed by atoms with Gasteiger partial charge in [0.1, 0.15) is 36.7 Å². The highest BCUT2D eigenvalue weighted by Gasteiger charge is 2.41. The Balaban J connectivity index is 1.31. The summed E-state index contributed by atoms with van der Waals surface area (Å²) in [4.78, 5) is 32.1. The van der Waals surface area contributed by atoms with Crippen LogP contribution in [-0.4, -0.2) is 73.8 Å². The van der Waals surface area contributed by atoms with Crippen molar-refractivity contribution in [2.75, 3.05) is 32.9 Å². The minimum Gasteiger partial charge on any atom is -0.492 e. The van der Waals surface area contributed by atoms with E-state index in [0.29, 0.717) is 66.5 Å². The van der Waals surface area contributed by atoms with Gasteiger partial charge in [0.05, 0.1) is 30.4 Å². The number of nitrogens with zero attached hydrogens (tertiary/aromatic N) is 6. The van der Waals surface area contributed by atoms with Crippen molar-refractivity contribution in [1.29, 1.82) is 0 Å². The number of fused-ring (bicyclic) bond motifs is 1. The quantitative estimate of drug-likeness (QED) is 0.308. The van der Waals surface area contributed by atoms with Crippen LogP contribution in [0.1, 0.15) is 31.0 Å². The van der Waals surface area contributed by atoms with E-state index in [1.165, 1.54) is 6.33 Å². The summed E-state index contributed by atoms with van der Waals surface area (Å²) >= 11 is 6.80. The van der Waals surface area contributed by atoms with Crippen molar-refractivity contribution in [2.45, 2.75) is 38.8 Å². The van der Waals surface area contributed by atoms with Crippen LogP contribution in [0.2, 0.25) is 5.02 Å². The fraction of sp³-hybridized carbons (Fsp3) is 0.393. The number of carbonyl (C=O) groups excluding carboxylic acids is 1. The third-order valence-electron chi connectivity index (χ3n) is 6.98. The zero-order chi connectivity index (χ0) is 27.0. The van der Waals surface area contributed by atoms with E-state index in [1.807, 2.05) is 35.8 Å². The molecule has 0 bridgehead atoms. The van der Waals surface area contributed by atoms with Crippen LogP contribution in [0.3, 0.4) is 0 Å². The van der Waals surface area contributed by atoms with Crippen molar-refractivity contribution in [1.82, 2.24) is 29.4 Å². The van der Waals surface area contributed by atoms with Gasteiger partial charge in [-0.1, -0.05) is 11.6 Å². The lowest BCUT2D eigenvalue weighted by atomic mass is 10.2. The van der Waals surface area contributed by atoms with E-state index in [2.05, 4.69) is 21.9 Å². The van der Waals surface area contributed by atoms with Gasteiger partial charge in [-0.3, -0.25) is 9.78 Å². The number of amides is 1. The van der Waals surface area contributed by atoms with Gasteiger partial charge >= 0.3 is 0 Å². The number of aromatic nitrogens is 5. The SMILES string of the molecule is Cc1ccnc(Cn2c(-c3ccc(OCCN4CCOCC4=O)cc3Cl)nc3c(OC4(C)CC4)ncnc32)c1. The van der Waals surface area contributed by atoms with Gasteiger partial charge in [0.2, 0.25) is 11.8 Å². The summed E-state index contributed by atoms with van der Waals surface area (Å²) in [6.45, 7) is 6.63. The van der Waals surface area contributed by atoms with Gasteiger partial charge < -0.3 is 23.7 Å². The summed E-state index contributed by atoms with van der Waals surface area (Å²) in [6, 6.07) is 9.50. The van der Waals surface area contributed by atoms with Crippen LogP contribution in [0.25, 0.3) is 22.6 Å². The predicted molar refractivity (Wildman–Crippen MR) is 145 cm³/mol. The van der Waals surface area contributed by atoms with Crippen LogP contribution in [0.5, 0.6) is 11.6 Å². The molecule has 0 N–H and O–H groups in total. The lowest BCUT2D eigenvalue weighted by Crippen LogP contribution is -2.43. The van der Waals surface area contributed by atoms with Gasteiger partial charge in [0.25, 0.3) is 0 Å². The summed E-state index contributed by atoms with van der Waals surface area (Å²) in [5, 5.41) is 0.480. The number of hydrogen-bond acceptors (Lipinski definition) is 8. The fourth-order valence-electron chi connectivity index (χ4n) is 4.53. The van der Waals surface area contributed by atoms with Crippen molar-refractivity contribution in [3.8, 4) is 23.0 Å². The highest BCUT2D eigenvalue weighted by molar-refractivity contribution is 6.33. The van der Waals surface area contributed by atoms with E-state index in [9.17, 15) is 4.79 Å². The molecule has 39 heavy (non-hydrogen) atoms. The standard InChI is InChI=1S/C28H29ClN6O4/c1-18-5-8-30-19(13-18)15-35-25(33-24-26(35)31-17-32-27(24)39-28(2)6-7-28)21-4-3-20(14-22(21)29)38-12-10-34-9-11-37-16-23(34)36/h3-5,8,13-14,17H,6-7,9-12,15-16H2,1-2H3. The molecule has 2 aliphatic rings. The van der Waals surface area contributed by atoms with Crippen LogP contribution < -0.4 is 9.47 Å². The molecular formula is C28H29ClN6O4. The van der Waals surface area contributed by atoms with Gasteiger partial charge in [-0.25, -0.2) is 9.97 Å². The van der Waals surface area contributed by atoms with Crippen molar-refractivity contribution in [2.24, 2.45) is 0 Å². The molecule has 1 saturated heterocycles. The minimum absolute atomic E-state index is 0.0256. The molecule has 0 spiro atoms. The third-order valence-corrected chi connectivity index (χ3v) is 7.30. The molecule has 0 radical (unpaired) electrons. The molecule has 0 unspecified atom stereocenters. The summed E-state index contributed by atoms with van der Waals surface area (Å²) in [6.07, 6.45) is 5.26. The molecule has 3 aromatic heterocycles. The molecule has 1 aliphatic heterocycles. The Morgan fingerprint density at radius 1 is 1.15 bits per heavy atom. The number of aryl methyl sites for hydroxylation is 1. The maximum absolute atomic E-state index is 11.9. The Kier molecular flexibility index (Phi) is 6.82. The molecule has 11 heteroatoms. The fourth-order valence-corrected chi connectivity index (χ4v) is 4.79. The number of halogens is 1. The number of hydrogen-bond donors (Lipinski definition) is 0. The second-order valence-electron chi connectivity index (χ2n) is 10.2. The van der Waals surface area contributed by atoms with Crippen LogP contribution in [-0.2, 0) is 16.1 Å². The van der Waals surface area contributed by atoms with E-state index in [-0.39, 0.29) is 18.1 Å². The monoisotopic (exact) mass is 548 g/mol. The number of imidazole rings is 1. The lowest BCUT2D eigenvalue weighted by molar-refractivity contribution is -0.143. The lowest BCUT2D eigenvalue weighted by Gasteiger charge is -2.26. The van der Waals surface area contributed by atoms with Crippen LogP contribution in [0, 0.1) is 6.92 Å². The molecule has 1 aromatic carbocycles. The summed E-state index contributed by atoms with van der Waals surface area (Å²) < 4.78 is 19.3. The molecular weight excluding hydrogens is 520 g/mol. The van der Waals surface area contributed by atoms with Crippen LogP contribution in [0.15, 0.2) is 42.9 Å². The highest BCUT2D eigenvalue weighted by Crippen LogP contribution is 2.41. The minimum atomic E-state index is -0.216. The maximum Gasteiger partial charge on any atom is 0.248 e. The smallest absolute Gasteiger partial charge is 0.248 e. The van der Waals surface area contributed by atoms with E-state index >= 15 is 0 Å². The second-order valence-corrected chi connectivity index (χ2v) is 10.6. The summed E-state index contributed by atoms with van der Waals surface area (Å²) in [5.41, 5.74) is 3.73. The zero-order valence-corrected chi connectivity index (χ0v) is 22.6. The number of ether oxygens (including phenoxy) is 3. The first-order valence-corrected chi connectivity index (χ1v) is 13.4. The predicted octanol–water partition coefficient (Wildman–Crippen LogP) is 4.07. The van der Waals surface area contributed by atoms with E-state index < -0.39 is 0 Å².